The Bertz CT molecular complexity index is 503. The summed E-state index contributed by atoms with van der Waals surface area (Å²) in [6, 6.07) is 0.784. The highest BCUT2D eigenvalue weighted by molar-refractivity contribution is 14.0. The van der Waals surface area contributed by atoms with Crippen molar-refractivity contribution in [2.24, 2.45) is 16.8 Å². The Hall–Kier alpha value is -0.570. The van der Waals surface area contributed by atoms with E-state index in [1.54, 1.807) is 0 Å². The maximum atomic E-state index is 12.8. The Labute approximate surface area is 195 Å². The minimum absolute atomic E-state index is 0. The molecule has 1 heterocycles. The van der Waals surface area contributed by atoms with Crippen molar-refractivity contribution in [3.05, 3.63) is 0 Å². The van der Waals surface area contributed by atoms with Crippen molar-refractivity contribution in [1.29, 1.82) is 0 Å². The first kappa shape index (κ1) is 26.5. The van der Waals surface area contributed by atoms with E-state index in [9.17, 15) is 4.79 Å². The third-order valence-electron chi connectivity index (χ3n) is 6.75. The molecule has 0 bridgehead atoms. The Kier molecular flexibility index (Phi) is 12.5. The fourth-order valence-electron chi connectivity index (χ4n) is 4.88. The van der Waals surface area contributed by atoms with Crippen LogP contribution in [0.15, 0.2) is 4.99 Å². The van der Waals surface area contributed by atoms with Gasteiger partial charge in [0.15, 0.2) is 5.96 Å². The van der Waals surface area contributed by atoms with Crippen molar-refractivity contribution in [2.45, 2.75) is 77.3 Å². The fourth-order valence-corrected chi connectivity index (χ4v) is 4.88. The van der Waals surface area contributed by atoms with Crippen molar-refractivity contribution in [3.63, 3.8) is 0 Å². The van der Waals surface area contributed by atoms with Gasteiger partial charge in [-0.15, -0.1) is 24.0 Å². The lowest BCUT2D eigenvalue weighted by atomic mass is 9.88. The monoisotopic (exact) mass is 521 g/mol. The molecule has 7 heteroatoms. The van der Waals surface area contributed by atoms with Crippen LogP contribution in [-0.2, 0) is 4.79 Å². The molecule has 6 nitrogen and oxygen atoms in total. The van der Waals surface area contributed by atoms with Gasteiger partial charge in [-0.05, 0) is 39.3 Å². The summed E-state index contributed by atoms with van der Waals surface area (Å²) in [7, 11) is 6.15. The van der Waals surface area contributed by atoms with Crippen LogP contribution in [0.25, 0.3) is 0 Å². The summed E-state index contributed by atoms with van der Waals surface area (Å²) in [6.07, 6.45) is 9.26. The van der Waals surface area contributed by atoms with Gasteiger partial charge in [-0.1, -0.05) is 46.0 Å². The normalized spacial score (nSPS) is 22.0. The number of likely N-dealkylation sites (N-methyl/N-ethyl adjacent to an activating group) is 1. The van der Waals surface area contributed by atoms with Crippen LogP contribution in [0, 0.1) is 11.8 Å². The molecule has 1 aliphatic heterocycles. The fraction of sp³-hybridized carbons (Fsp3) is 0.909. The molecule has 1 saturated heterocycles. The van der Waals surface area contributed by atoms with E-state index < -0.39 is 0 Å². The van der Waals surface area contributed by atoms with Crippen LogP contribution < -0.4 is 10.6 Å². The summed E-state index contributed by atoms with van der Waals surface area (Å²) < 4.78 is 0. The minimum Gasteiger partial charge on any atom is -0.355 e. The van der Waals surface area contributed by atoms with Crippen LogP contribution in [0.5, 0.6) is 0 Å². The van der Waals surface area contributed by atoms with Crippen LogP contribution in [0.4, 0.5) is 0 Å². The van der Waals surface area contributed by atoms with Gasteiger partial charge in [0.1, 0.15) is 0 Å². The zero-order chi connectivity index (χ0) is 20.5. The number of halogens is 1. The molecule has 0 spiro atoms. The zero-order valence-electron chi connectivity index (χ0n) is 19.2. The molecule has 2 rings (SSSR count). The highest BCUT2D eigenvalue weighted by Crippen LogP contribution is 2.26. The van der Waals surface area contributed by atoms with E-state index in [4.69, 9.17) is 0 Å². The van der Waals surface area contributed by atoms with Crippen LogP contribution in [-0.4, -0.2) is 74.5 Å². The van der Waals surface area contributed by atoms with Gasteiger partial charge in [0, 0.05) is 44.7 Å². The van der Waals surface area contributed by atoms with Crippen LogP contribution in [0.2, 0.25) is 0 Å². The first-order valence-electron chi connectivity index (χ1n) is 11.4. The van der Waals surface area contributed by atoms with Gasteiger partial charge >= 0.3 is 0 Å². The van der Waals surface area contributed by atoms with Crippen LogP contribution in [0.3, 0.4) is 0 Å². The topological polar surface area (TPSA) is 60.0 Å². The number of nitrogens with zero attached hydrogens (tertiary/aromatic N) is 3. The molecule has 2 N–H and O–H groups in total. The molecular weight excluding hydrogens is 477 g/mol. The molecule has 29 heavy (non-hydrogen) atoms. The number of aliphatic imine (C=N–C) groups is 1. The third-order valence-corrected chi connectivity index (χ3v) is 6.75. The van der Waals surface area contributed by atoms with Crippen LogP contribution >= 0.6 is 24.0 Å². The van der Waals surface area contributed by atoms with Gasteiger partial charge in [-0.25, -0.2) is 0 Å². The molecule has 1 aliphatic carbocycles. The maximum Gasteiger partial charge on any atom is 0.225 e. The Morgan fingerprint density at radius 2 is 1.79 bits per heavy atom. The SMILES string of the molecule is CCC(CC)C(CNC(=NC)NC1CCN(C(=O)C2CCCCC2)C1)N(C)C.I. The number of rotatable bonds is 8. The second-order valence-electron chi connectivity index (χ2n) is 8.81. The van der Waals surface area contributed by atoms with Gasteiger partial charge in [-0.3, -0.25) is 9.79 Å². The van der Waals surface area contributed by atoms with Crippen LogP contribution in [0.1, 0.15) is 65.2 Å². The standard InChI is InChI=1S/C22H43N5O.HI/c1-6-17(7-2)20(26(4)5)15-24-22(23-3)25-19-13-14-27(16-19)21(28)18-11-9-8-10-12-18;/h17-20H,6-16H2,1-5H3,(H2,23,24,25);1H. The first-order valence-corrected chi connectivity index (χ1v) is 11.4. The molecule has 1 saturated carbocycles. The molecule has 2 fully saturated rings. The molecule has 2 atom stereocenters. The van der Waals surface area contributed by atoms with E-state index in [1.165, 1.54) is 32.1 Å². The third kappa shape index (κ3) is 7.89. The molecular formula is C22H44IN5O. The average Bonchev–Trinajstić information content (AvgIpc) is 3.18. The number of carbonyl (C=O) groups is 1. The van der Waals surface area contributed by atoms with E-state index >= 15 is 0 Å². The maximum absolute atomic E-state index is 12.8. The zero-order valence-corrected chi connectivity index (χ0v) is 21.6. The second-order valence-corrected chi connectivity index (χ2v) is 8.81. The van der Waals surface area contributed by atoms with E-state index in [0.29, 0.717) is 23.9 Å². The Morgan fingerprint density at radius 1 is 1.14 bits per heavy atom. The number of hydrogen-bond acceptors (Lipinski definition) is 3. The molecule has 0 radical (unpaired) electrons. The van der Waals surface area contributed by atoms with E-state index in [-0.39, 0.29) is 29.9 Å². The van der Waals surface area contributed by atoms with Gasteiger partial charge < -0.3 is 20.4 Å². The van der Waals surface area contributed by atoms with Crippen molar-refractivity contribution >= 4 is 35.8 Å². The Balaban J connectivity index is 0.00000420. The lowest BCUT2D eigenvalue weighted by Crippen LogP contribution is -2.50. The van der Waals surface area contributed by atoms with Gasteiger partial charge in [0.2, 0.25) is 5.91 Å². The van der Waals surface area contributed by atoms with Crippen molar-refractivity contribution in [3.8, 4) is 0 Å². The smallest absolute Gasteiger partial charge is 0.225 e. The van der Waals surface area contributed by atoms with Gasteiger partial charge in [0.05, 0.1) is 0 Å². The molecule has 170 valence electrons. The predicted octanol–water partition coefficient (Wildman–Crippen LogP) is 3.32. The Morgan fingerprint density at radius 3 is 2.34 bits per heavy atom. The first-order chi connectivity index (χ1) is 13.5. The van der Waals surface area contributed by atoms with Gasteiger partial charge in [-0.2, -0.15) is 0 Å². The molecule has 0 aromatic heterocycles. The summed E-state index contributed by atoms with van der Waals surface area (Å²) >= 11 is 0. The average molecular weight is 522 g/mol. The van der Waals surface area contributed by atoms with Gasteiger partial charge in [0.25, 0.3) is 0 Å². The quantitative estimate of drug-likeness (QED) is 0.292. The summed E-state index contributed by atoms with van der Waals surface area (Å²) in [6.45, 7) is 7.11. The number of carbonyl (C=O) groups excluding carboxylic acids is 1. The molecule has 0 aromatic carbocycles. The highest BCUT2D eigenvalue weighted by Gasteiger charge is 2.32. The van der Waals surface area contributed by atoms with Crippen molar-refractivity contribution < 1.29 is 4.79 Å². The van der Waals surface area contributed by atoms with E-state index in [2.05, 4.69) is 53.4 Å². The summed E-state index contributed by atoms with van der Waals surface area (Å²) in [5, 5.41) is 7.08. The lowest BCUT2D eigenvalue weighted by molar-refractivity contribution is -0.135. The number of nitrogens with one attached hydrogen (secondary N) is 2. The second kappa shape index (κ2) is 13.7. The molecule has 2 unspecified atom stereocenters. The summed E-state index contributed by atoms with van der Waals surface area (Å²) in [4.78, 5) is 21.6. The number of hydrogen-bond donors (Lipinski definition) is 2. The molecule has 1 amide bonds. The highest BCUT2D eigenvalue weighted by atomic mass is 127. The summed E-state index contributed by atoms with van der Waals surface area (Å²) in [5.41, 5.74) is 0. The molecule has 0 aromatic rings. The number of guanidine groups is 1. The number of amides is 1. The van der Waals surface area contributed by atoms with Crippen molar-refractivity contribution in [2.75, 3.05) is 40.8 Å². The largest absolute Gasteiger partial charge is 0.355 e. The molecule has 2 aliphatic rings. The van der Waals surface area contributed by atoms with Crippen molar-refractivity contribution in [1.82, 2.24) is 20.4 Å². The predicted molar refractivity (Wildman–Crippen MR) is 133 cm³/mol. The number of likely N-dealkylation sites (tertiary alicyclic amines) is 1. The van der Waals surface area contributed by atoms with E-state index in [0.717, 1.165) is 44.9 Å². The lowest BCUT2D eigenvalue weighted by Gasteiger charge is -2.32. The summed E-state index contributed by atoms with van der Waals surface area (Å²) in [5.74, 6) is 2.18. The van der Waals surface area contributed by atoms with E-state index in [1.807, 2.05) is 7.05 Å². The minimum atomic E-state index is 0.